The van der Waals surface area contributed by atoms with Crippen molar-refractivity contribution in [2.24, 2.45) is 5.92 Å². The highest BCUT2D eigenvalue weighted by Gasteiger charge is 2.19. The first kappa shape index (κ1) is 13.9. The Bertz CT molecular complexity index is 416. The number of carbonyl (C=O) groups excluding carboxylic acids is 1. The zero-order chi connectivity index (χ0) is 12.3. The van der Waals surface area contributed by atoms with Gasteiger partial charge in [0.2, 0.25) is 0 Å². The molecule has 0 amide bonds. The van der Waals surface area contributed by atoms with E-state index in [9.17, 15) is 4.79 Å². The molecule has 0 unspecified atom stereocenters. The summed E-state index contributed by atoms with van der Waals surface area (Å²) in [5.74, 6) is 3.33. The topological polar surface area (TPSA) is 17.1 Å². The fraction of sp³-hybridized carbons (Fsp3) is 0.462. The first-order chi connectivity index (χ1) is 8.16. The second kappa shape index (κ2) is 6.57. The molecule has 0 N–H and O–H groups in total. The molecule has 0 bridgehead atoms. The van der Waals surface area contributed by atoms with Gasteiger partial charge in [-0.3, -0.25) is 4.79 Å². The molecule has 4 heteroatoms. The number of halogens is 2. The lowest BCUT2D eigenvalue weighted by Crippen LogP contribution is -2.15. The summed E-state index contributed by atoms with van der Waals surface area (Å²) in [5, 5.41) is 0. The number of hydrogen-bond donors (Lipinski definition) is 0. The molecule has 2 rings (SSSR count). The molecule has 1 heterocycles. The highest BCUT2D eigenvalue weighted by atomic mass is 127. The summed E-state index contributed by atoms with van der Waals surface area (Å²) in [4.78, 5) is 12.3. The predicted octanol–water partition coefficient (Wildman–Crippen LogP) is 4.77. The van der Waals surface area contributed by atoms with Crippen LogP contribution >= 0.6 is 50.3 Å². The molecule has 1 aliphatic rings. The van der Waals surface area contributed by atoms with Crippen molar-refractivity contribution in [2.75, 3.05) is 11.5 Å². The number of thioether (sulfide) groups is 1. The van der Waals surface area contributed by atoms with Crippen molar-refractivity contribution in [1.82, 2.24) is 0 Å². The Hall–Kier alpha value is 0.450. The lowest BCUT2D eigenvalue weighted by atomic mass is 9.93. The second-order valence-corrected chi connectivity index (χ2v) is 7.61. The van der Waals surface area contributed by atoms with Crippen LogP contribution in [-0.2, 0) is 0 Å². The average Bonchev–Trinajstić information content (AvgIpc) is 2.33. The lowest BCUT2D eigenvalue weighted by Gasteiger charge is -2.20. The van der Waals surface area contributed by atoms with E-state index < -0.39 is 0 Å². The number of Topliss-reactive ketones (excluding diaryl/α,β-unsaturated/α-hetero) is 1. The van der Waals surface area contributed by atoms with E-state index in [-0.39, 0.29) is 0 Å². The standard InChI is InChI=1S/C13H14BrIOS/c14-10-1-2-12(15)11(8-10)13(16)7-9-3-5-17-6-4-9/h1-2,8-9H,3-7H2. The average molecular weight is 425 g/mol. The Balaban J connectivity index is 2.05. The van der Waals surface area contributed by atoms with Crippen LogP contribution in [0.25, 0.3) is 0 Å². The minimum absolute atomic E-state index is 0.299. The van der Waals surface area contributed by atoms with Crippen LogP contribution in [-0.4, -0.2) is 17.3 Å². The summed E-state index contributed by atoms with van der Waals surface area (Å²) in [5.41, 5.74) is 0.873. The molecule has 1 aromatic carbocycles. The quantitative estimate of drug-likeness (QED) is 0.513. The molecule has 0 saturated carbocycles. The van der Waals surface area contributed by atoms with Crippen LogP contribution in [0.15, 0.2) is 22.7 Å². The van der Waals surface area contributed by atoms with Crippen molar-refractivity contribution in [3.8, 4) is 0 Å². The molecule has 0 atom stereocenters. The Labute approximate surface area is 128 Å². The van der Waals surface area contributed by atoms with Crippen molar-refractivity contribution in [1.29, 1.82) is 0 Å². The van der Waals surface area contributed by atoms with Crippen LogP contribution < -0.4 is 0 Å². The maximum atomic E-state index is 12.3. The van der Waals surface area contributed by atoms with E-state index in [0.29, 0.717) is 18.1 Å². The fourth-order valence-corrected chi connectivity index (χ4v) is 4.24. The third kappa shape index (κ3) is 3.96. The highest BCUT2D eigenvalue weighted by Crippen LogP contribution is 2.28. The van der Waals surface area contributed by atoms with E-state index in [0.717, 1.165) is 13.6 Å². The minimum Gasteiger partial charge on any atom is -0.294 e. The number of hydrogen-bond acceptors (Lipinski definition) is 2. The Morgan fingerprint density at radius 3 is 2.82 bits per heavy atom. The second-order valence-electron chi connectivity index (χ2n) is 4.31. The monoisotopic (exact) mass is 424 g/mol. The molecule has 1 fully saturated rings. The number of benzene rings is 1. The Kier molecular flexibility index (Phi) is 5.36. The van der Waals surface area contributed by atoms with E-state index in [2.05, 4.69) is 38.5 Å². The third-order valence-corrected chi connectivity index (χ3v) is 5.53. The van der Waals surface area contributed by atoms with Gasteiger partial charge in [-0.2, -0.15) is 11.8 Å². The number of carbonyl (C=O) groups is 1. The summed E-state index contributed by atoms with van der Waals surface area (Å²) in [6.45, 7) is 0. The summed E-state index contributed by atoms with van der Waals surface area (Å²) in [6.07, 6.45) is 3.11. The molecule has 17 heavy (non-hydrogen) atoms. The van der Waals surface area contributed by atoms with Gasteiger partial charge in [0.15, 0.2) is 5.78 Å². The molecular weight excluding hydrogens is 411 g/mol. The SMILES string of the molecule is O=C(CC1CCSCC1)c1cc(Br)ccc1I. The Morgan fingerprint density at radius 2 is 2.12 bits per heavy atom. The van der Waals surface area contributed by atoms with E-state index in [1.807, 2.05) is 30.0 Å². The van der Waals surface area contributed by atoms with E-state index in [1.165, 1.54) is 24.3 Å². The predicted molar refractivity (Wildman–Crippen MR) is 85.9 cm³/mol. The van der Waals surface area contributed by atoms with E-state index in [1.54, 1.807) is 0 Å². The molecule has 1 nitrogen and oxygen atoms in total. The largest absolute Gasteiger partial charge is 0.294 e. The van der Waals surface area contributed by atoms with Gasteiger partial charge in [-0.25, -0.2) is 0 Å². The van der Waals surface area contributed by atoms with Crippen LogP contribution in [0.2, 0.25) is 0 Å². The van der Waals surface area contributed by atoms with Gasteiger partial charge in [-0.05, 0) is 71.1 Å². The van der Waals surface area contributed by atoms with Gasteiger partial charge < -0.3 is 0 Å². The van der Waals surface area contributed by atoms with Gasteiger partial charge in [0.1, 0.15) is 0 Å². The van der Waals surface area contributed by atoms with Crippen molar-refractivity contribution in [3.63, 3.8) is 0 Å². The molecule has 0 aromatic heterocycles. The van der Waals surface area contributed by atoms with Crippen molar-refractivity contribution in [3.05, 3.63) is 31.8 Å². The zero-order valence-corrected chi connectivity index (χ0v) is 14.0. The fourth-order valence-electron chi connectivity index (χ4n) is 2.03. The van der Waals surface area contributed by atoms with Crippen molar-refractivity contribution in [2.45, 2.75) is 19.3 Å². The maximum Gasteiger partial charge on any atom is 0.164 e. The highest BCUT2D eigenvalue weighted by molar-refractivity contribution is 14.1. The van der Waals surface area contributed by atoms with Gasteiger partial charge in [-0.15, -0.1) is 0 Å². The van der Waals surface area contributed by atoms with Crippen LogP contribution in [0, 0.1) is 9.49 Å². The molecule has 1 aromatic rings. The summed E-state index contributed by atoms with van der Waals surface area (Å²) in [7, 11) is 0. The first-order valence-corrected chi connectivity index (χ1v) is 8.75. The molecule has 0 spiro atoms. The minimum atomic E-state index is 0.299. The van der Waals surface area contributed by atoms with Crippen LogP contribution in [0.3, 0.4) is 0 Å². The van der Waals surface area contributed by atoms with Gasteiger partial charge >= 0.3 is 0 Å². The molecule has 0 aliphatic carbocycles. The van der Waals surface area contributed by atoms with Gasteiger partial charge in [0.25, 0.3) is 0 Å². The summed E-state index contributed by atoms with van der Waals surface area (Å²) in [6, 6.07) is 5.92. The smallest absolute Gasteiger partial charge is 0.164 e. The van der Waals surface area contributed by atoms with Gasteiger partial charge in [-0.1, -0.05) is 15.9 Å². The molecule has 0 radical (unpaired) electrons. The lowest BCUT2D eigenvalue weighted by molar-refractivity contribution is 0.0958. The van der Waals surface area contributed by atoms with Crippen LogP contribution in [0.1, 0.15) is 29.6 Å². The van der Waals surface area contributed by atoms with E-state index in [4.69, 9.17) is 0 Å². The number of ketones is 1. The van der Waals surface area contributed by atoms with Crippen molar-refractivity contribution >= 4 is 56.1 Å². The molecule has 92 valence electrons. The van der Waals surface area contributed by atoms with Gasteiger partial charge in [0, 0.05) is 20.0 Å². The first-order valence-electron chi connectivity index (χ1n) is 5.73. The summed E-state index contributed by atoms with van der Waals surface area (Å²) >= 11 is 7.68. The van der Waals surface area contributed by atoms with Crippen LogP contribution in [0.5, 0.6) is 0 Å². The maximum absolute atomic E-state index is 12.3. The van der Waals surface area contributed by atoms with Crippen LogP contribution in [0.4, 0.5) is 0 Å². The number of rotatable bonds is 3. The normalized spacial score (nSPS) is 17.1. The van der Waals surface area contributed by atoms with Gasteiger partial charge in [0.05, 0.1) is 0 Å². The Morgan fingerprint density at radius 1 is 1.41 bits per heavy atom. The summed E-state index contributed by atoms with van der Waals surface area (Å²) < 4.78 is 2.04. The molecular formula is C13H14BrIOS. The molecule has 1 aliphatic heterocycles. The molecule has 1 saturated heterocycles. The third-order valence-electron chi connectivity index (χ3n) is 3.04. The zero-order valence-electron chi connectivity index (χ0n) is 9.42. The van der Waals surface area contributed by atoms with E-state index >= 15 is 0 Å². The van der Waals surface area contributed by atoms with Crippen molar-refractivity contribution < 1.29 is 4.79 Å².